The van der Waals surface area contributed by atoms with Gasteiger partial charge in [0.25, 0.3) is 0 Å². The lowest BCUT2D eigenvalue weighted by Crippen LogP contribution is -2.05. The van der Waals surface area contributed by atoms with Crippen molar-refractivity contribution in [1.82, 2.24) is 4.57 Å². The molecule has 2 nitrogen and oxygen atoms in total. The molecule has 0 aliphatic carbocycles. The first kappa shape index (κ1) is 13.6. The van der Waals surface area contributed by atoms with Crippen molar-refractivity contribution in [3.63, 3.8) is 0 Å². The molecule has 20 heavy (non-hydrogen) atoms. The molecule has 0 fully saturated rings. The number of halogens is 1. The molecule has 0 aliphatic heterocycles. The Balaban J connectivity index is 2.00. The van der Waals surface area contributed by atoms with Crippen LogP contribution in [0.25, 0.3) is 10.9 Å². The molecule has 0 unspecified atom stereocenters. The Bertz CT molecular complexity index is 713. The number of hydrogen-bond donors (Lipinski definition) is 1. The monoisotopic (exact) mass is 376 g/mol. The van der Waals surface area contributed by atoms with Crippen LogP contribution in [0.1, 0.15) is 11.1 Å². The minimum atomic E-state index is 0.688. The molecule has 0 atom stereocenters. The standard InChI is InChI=1S/C17H17IN2/c18-16-6-4-13(5-7-16)12-20-11-9-15-3-1-2-14(8-10-19)17(15)20/h1-7,9,11H,8,10,12,19H2. The maximum absolute atomic E-state index is 5.73. The normalized spacial score (nSPS) is 11.1. The third-order valence-electron chi connectivity index (χ3n) is 3.55. The number of hydrogen-bond acceptors (Lipinski definition) is 1. The van der Waals surface area contributed by atoms with Crippen LogP contribution in [0.5, 0.6) is 0 Å². The van der Waals surface area contributed by atoms with E-state index in [-0.39, 0.29) is 0 Å². The summed E-state index contributed by atoms with van der Waals surface area (Å²) in [5.74, 6) is 0. The van der Waals surface area contributed by atoms with Gasteiger partial charge in [0.2, 0.25) is 0 Å². The van der Waals surface area contributed by atoms with Crippen molar-refractivity contribution in [2.45, 2.75) is 13.0 Å². The van der Waals surface area contributed by atoms with Gasteiger partial charge in [0, 0.05) is 16.3 Å². The second-order valence-electron chi connectivity index (χ2n) is 4.96. The summed E-state index contributed by atoms with van der Waals surface area (Å²) in [4.78, 5) is 0. The fraction of sp³-hybridized carbons (Fsp3) is 0.176. The van der Waals surface area contributed by atoms with Crippen LogP contribution in [-0.2, 0) is 13.0 Å². The fourth-order valence-electron chi connectivity index (χ4n) is 2.62. The van der Waals surface area contributed by atoms with Gasteiger partial charge < -0.3 is 10.3 Å². The molecule has 3 aromatic rings. The summed E-state index contributed by atoms with van der Waals surface area (Å²) >= 11 is 2.34. The number of benzene rings is 2. The van der Waals surface area contributed by atoms with E-state index in [9.17, 15) is 0 Å². The molecule has 0 radical (unpaired) electrons. The highest BCUT2D eigenvalue weighted by atomic mass is 127. The number of aromatic nitrogens is 1. The number of fused-ring (bicyclic) bond motifs is 1. The van der Waals surface area contributed by atoms with Crippen molar-refractivity contribution < 1.29 is 0 Å². The van der Waals surface area contributed by atoms with Crippen LogP contribution >= 0.6 is 22.6 Å². The smallest absolute Gasteiger partial charge is 0.0516 e. The Morgan fingerprint density at radius 1 is 1.00 bits per heavy atom. The topological polar surface area (TPSA) is 30.9 Å². The molecule has 102 valence electrons. The molecule has 3 heteroatoms. The highest BCUT2D eigenvalue weighted by Gasteiger charge is 2.06. The first-order valence-corrected chi connectivity index (χ1v) is 7.87. The maximum atomic E-state index is 5.73. The molecule has 1 aromatic heterocycles. The molecule has 1 heterocycles. The lowest BCUT2D eigenvalue weighted by atomic mass is 10.1. The quantitative estimate of drug-likeness (QED) is 0.690. The van der Waals surface area contributed by atoms with Crippen LogP contribution in [0.4, 0.5) is 0 Å². The van der Waals surface area contributed by atoms with E-state index < -0.39 is 0 Å². The number of nitrogens with zero attached hydrogens (tertiary/aromatic N) is 1. The van der Waals surface area contributed by atoms with Gasteiger partial charge in [0.15, 0.2) is 0 Å². The van der Waals surface area contributed by atoms with E-state index in [0.29, 0.717) is 6.54 Å². The van der Waals surface area contributed by atoms with Gasteiger partial charge in [-0.05, 0) is 70.3 Å². The van der Waals surface area contributed by atoms with Crippen LogP contribution in [0.3, 0.4) is 0 Å². The summed E-state index contributed by atoms with van der Waals surface area (Å²) in [6, 6.07) is 17.3. The maximum Gasteiger partial charge on any atom is 0.0516 e. The highest BCUT2D eigenvalue weighted by molar-refractivity contribution is 14.1. The van der Waals surface area contributed by atoms with Gasteiger partial charge in [-0.1, -0.05) is 30.3 Å². The molecule has 0 aliphatic rings. The first-order chi connectivity index (χ1) is 9.78. The molecule has 2 aromatic carbocycles. The van der Waals surface area contributed by atoms with E-state index in [1.54, 1.807) is 0 Å². The molecule has 0 saturated carbocycles. The Morgan fingerprint density at radius 3 is 2.55 bits per heavy atom. The van der Waals surface area contributed by atoms with Crippen molar-refractivity contribution in [1.29, 1.82) is 0 Å². The van der Waals surface area contributed by atoms with E-state index in [0.717, 1.165) is 13.0 Å². The van der Waals surface area contributed by atoms with Crippen LogP contribution in [0.15, 0.2) is 54.7 Å². The summed E-state index contributed by atoms with van der Waals surface area (Å²) in [5.41, 5.74) is 9.70. The summed E-state index contributed by atoms with van der Waals surface area (Å²) in [6.07, 6.45) is 3.09. The third-order valence-corrected chi connectivity index (χ3v) is 4.27. The van der Waals surface area contributed by atoms with Crippen molar-refractivity contribution in [2.75, 3.05) is 6.54 Å². The Hall–Kier alpha value is -1.33. The zero-order chi connectivity index (χ0) is 13.9. The van der Waals surface area contributed by atoms with E-state index in [4.69, 9.17) is 5.73 Å². The second-order valence-corrected chi connectivity index (χ2v) is 6.21. The number of nitrogens with two attached hydrogens (primary N) is 1. The zero-order valence-corrected chi connectivity index (χ0v) is 13.4. The second kappa shape index (κ2) is 5.97. The molecular formula is C17H17IN2. The van der Waals surface area contributed by atoms with Crippen LogP contribution in [0, 0.1) is 3.57 Å². The minimum Gasteiger partial charge on any atom is -0.343 e. The van der Waals surface area contributed by atoms with E-state index in [1.807, 2.05) is 0 Å². The lowest BCUT2D eigenvalue weighted by molar-refractivity contribution is 0.828. The molecule has 0 bridgehead atoms. The van der Waals surface area contributed by atoms with E-state index >= 15 is 0 Å². The first-order valence-electron chi connectivity index (χ1n) is 6.79. The Kier molecular flexibility index (Phi) is 4.08. The number of rotatable bonds is 4. The highest BCUT2D eigenvalue weighted by Crippen LogP contribution is 2.22. The summed E-state index contributed by atoms with van der Waals surface area (Å²) in [7, 11) is 0. The third kappa shape index (κ3) is 2.74. The molecule has 3 rings (SSSR count). The summed E-state index contributed by atoms with van der Waals surface area (Å²) in [5, 5.41) is 1.29. The lowest BCUT2D eigenvalue weighted by Gasteiger charge is -2.10. The summed E-state index contributed by atoms with van der Waals surface area (Å²) in [6.45, 7) is 1.59. The predicted molar refractivity (Wildman–Crippen MR) is 93.0 cm³/mol. The van der Waals surface area contributed by atoms with Gasteiger partial charge in [-0.25, -0.2) is 0 Å². The Labute approximate surface area is 132 Å². The SMILES string of the molecule is NCCc1cccc2ccn(Cc3ccc(I)cc3)c12. The van der Waals surface area contributed by atoms with Gasteiger partial charge in [-0.3, -0.25) is 0 Å². The van der Waals surface area contributed by atoms with Crippen molar-refractivity contribution >= 4 is 33.5 Å². The predicted octanol–water partition coefficient (Wildman–Crippen LogP) is 3.80. The molecule has 0 amide bonds. The van der Waals surface area contributed by atoms with Crippen molar-refractivity contribution in [2.24, 2.45) is 5.73 Å². The Morgan fingerprint density at radius 2 is 1.80 bits per heavy atom. The van der Waals surface area contributed by atoms with Gasteiger partial charge >= 0.3 is 0 Å². The van der Waals surface area contributed by atoms with E-state index in [1.165, 1.54) is 25.6 Å². The van der Waals surface area contributed by atoms with Crippen molar-refractivity contribution in [3.05, 3.63) is 69.4 Å². The average Bonchev–Trinajstić information content (AvgIpc) is 2.86. The molecular weight excluding hydrogens is 359 g/mol. The zero-order valence-electron chi connectivity index (χ0n) is 11.2. The average molecular weight is 376 g/mol. The molecule has 2 N–H and O–H groups in total. The number of para-hydroxylation sites is 1. The van der Waals surface area contributed by atoms with Gasteiger partial charge in [-0.15, -0.1) is 0 Å². The van der Waals surface area contributed by atoms with Crippen molar-refractivity contribution in [3.8, 4) is 0 Å². The summed E-state index contributed by atoms with van der Waals surface area (Å²) < 4.78 is 3.59. The van der Waals surface area contributed by atoms with Gasteiger partial charge in [0.05, 0.1) is 5.52 Å². The largest absolute Gasteiger partial charge is 0.343 e. The van der Waals surface area contributed by atoms with Crippen LogP contribution < -0.4 is 5.73 Å². The van der Waals surface area contributed by atoms with Crippen LogP contribution in [-0.4, -0.2) is 11.1 Å². The fourth-order valence-corrected chi connectivity index (χ4v) is 2.98. The molecule has 0 saturated heterocycles. The molecule has 0 spiro atoms. The van der Waals surface area contributed by atoms with Gasteiger partial charge in [0.1, 0.15) is 0 Å². The van der Waals surface area contributed by atoms with E-state index in [2.05, 4.69) is 81.9 Å². The van der Waals surface area contributed by atoms with Gasteiger partial charge in [-0.2, -0.15) is 0 Å². The minimum absolute atomic E-state index is 0.688. The van der Waals surface area contributed by atoms with Crippen LogP contribution in [0.2, 0.25) is 0 Å².